The Morgan fingerprint density at radius 3 is 2.35 bits per heavy atom. The van der Waals surface area contributed by atoms with Gasteiger partial charge in [-0.3, -0.25) is 0 Å². The topological polar surface area (TPSA) is 9.23 Å². The molecule has 1 heteroatoms. The average Bonchev–Trinajstić information content (AvgIpc) is 2.40. The van der Waals surface area contributed by atoms with E-state index in [1.165, 1.54) is 5.56 Å². The quantitative estimate of drug-likeness (QED) is 0.751. The highest BCUT2D eigenvalue weighted by atomic mass is 16.5. The van der Waals surface area contributed by atoms with Crippen molar-refractivity contribution in [3.8, 4) is 16.9 Å². The third-order valence-electron chi connectivity index (χ3n) is 2.72. The minimum Gasteiger partial charge on any atom is -0.490 e. The lowest BCUT2D eigenvalue weighted by Crippen LogP contribution is -2.10. The molecule has 2 aromatic carbocycles. The lowest BCUT2D eigenvalue weighted by molar-refractivity contribution is 0.244. The highest BCUT2D eigenvalue weighted by Gasteiger charge is 2.07. The lowest BCUT2D eigenvalue weighted by Gasteiger charge is -2.16. The van der Waals surface area contributed by atoms with Crippen molar-refractivity contribution in [3.05, 3.63) is 61.5 Å². The molecule has 2 aromatic rings. The van der Waals surface area contributed by atoms with Gasteiger partial charge < -0.3 is 4.74 Å². The van der Waals surface area contributed by atoms with Crippen LogP contribution in [0.2, 0.25) is 0 Å². The van der Waals surface area contributed by atoms with Crippen LogP contribution in [0.3, 0.4) is 0 Å². The van der Waals surface area contributed by atoms with E-state index < -0.39 is 0 Å². The van der Waals surface area contributed by atoms with E-state index in [0.29, 0.717) is 0 Å². The molecule has 0 saturated carbocycles. The number of rotatable bonds is 4. The van der Waals surface area contributed by atoms with Crippen molar-refractivity contribution in [2.45, 2.75) is 19.4 Å². The van der Waals surface area contributed by atoms with Crippen LogP contribution in [0.5, 0.6) is 5.75 Å². The van der Waals surface area contributed by atoms with Gasteiger partial charge in [0.15, 0.2) is 0 Å². The van der Waals surface area contributed by atoms with E-state index in [9.17, 15) is 0 Å². The van der Waals surface area contributed by atoms with Crippen LogP contribution in [-0.4, -0.2) is 6.10 Å². The molecule has 2 rings (SSSR count). The van der Waals surface area contributed by atoms with Gasteiger partial charge in [-0.25, -0.2) is 0 Å². The SMILES string of the molecule is [CH2]C(CC)Oc1ccccc1-c1ccccc1. The zero-order valence-electron chi connectivity index (χ0n) is 10.1. The molecule has 0 aliphatic heterocycles. The molecule has 87 valence electrons. The van der Waals surface area contributed by atoms with Gasteiger partial charge in [-0.2, -0.15) is 0 Å². The summed E-state index contributed by atoms with van der Waals surface area (Å²) < 4.78 is 5.84. The van der Waals surface area contributed by atoms with Crippen molar-refractivity contribution >= 4 is 0 Å². The minimum absolute atomic E-state index is 0.000128. The molecule has 17 heavy (non-hydrogen) atoms. The molecule has 0 heterocycles. The minimum atomic E-state index is -0.000128. The molecule has 0 aromatic heterocycles. The third-order valence-corrected chi connectivity index (χ3v) is 2.72. The van der Waals surface area contributed by atoms with Crippen molar-refractivity contribution in [2.24, 2.45) is 0 Å². The molecule has 0 N–H and O–H groups in total. The van der Waals surface area contributed by atoms with E-state index in [0.717, 1.165) is 17.7 Å². The number of benzene rings is 2. The standard InChI is InChI=1S/C16H17O/c1-3-13(2)17-16-12-8-7-11-15(16)14-9-5-4-6-10-14/h4-13H,2-3H2,1H3. The fourth-order valence-electron chi connectivity index (χ4n) is 1.69. The lowest BCUT2D eigenvalue weighted by atomic mass is 10.0. The van der Waals surface area contributed by atoms with E-state index in [1.54, 1.807) is 0 Å². The molecule has 1 unspecified atom stereocenters. The fraction of sp³-hybridized carbons (Fsp3) is 0.188. The average molecular weight is 225 g/mol. The van der Waals surface area contributed by atoms with Crippen LogP contribution in [0.15, 0.2) is 54.6 Å². The van der Waals surface area contributed by atoms with Crippen LogP contribution in [0.1, 0.15) is 13.3 Å². The normalized spacial score (nSPS) is 12.1. The Morgan fingerprint density at radius 1 is 1.00 bits per heavy atom. The first kappa shape index (κ1) is 11.7. The summed E-state index contributed by atoms with van der Waals surface area (Å²) in [6, 6.07) is 18.4. The number of ether oxygens (including phenoxy) is 1. The van der Waals surface area contributed by atoms with Crippen LogP contribution in [0.4, 0.5) is 0 Å². The summed E-state index contributed by atoms with van der Waals surface area (Å²) in [5, 5.41) is 0. The summed E-state index contributed by atoms with van der Waals surface area (Å²) >= 11 is 0. The number of hydrogen-bond donors (Lipinski definition) is 0. The van der Waals surface area contributed by atoms with Gasteiger partial charge >= 0.3 is 0 Å². The van der Waals surface area contributed by atoms with E-state index in [1.807, 2.05) is 36.4 Å². The molecular weight excluding hydrogens is 208 g/mol. The second-order valence-corrected chi connectivity index (χ2v) is 4.01. The summed E-state index contributed by atoms with van der Waals surface area (Å²) in [7, 11) is 0. The largest absolute Gasteiger partial charge is 0.490 e. The van der Waals surface area contributed by atoms with Gasteiger partial charge in [-0.1, -0.05) is 55.5 Å². The van der Waals surface area contributed by atoms with Gasteiger partial charge in [0.05, 0.1) is 6.10 Å². The maximum absolute atomic E-state index is 5.84. The van der Waals surface area contributed by atoms with Crippen LogP contribution < -0.4 is 4.74 Å². The van der Waals surface area contributed by atoms with E-state index in [4.69, 9.17) is 4.74 Å². The van der Waals surface area contributed by atoms with Crippen molar-refractivity contribution in [3.63, 3.8) is 0 Å². The summed E-state index contributed by atoms with van der Waals surface area (Å²) in [4.78, 5) is 0. The molecule has 0 saturated heterocycles. The van der Waals surface area contributed by atoms with Crippen LogP contribution in [0, 0.1) is 6.92 Å². The van der Waals surface area contributed by atoms with Gasteiger partial charge in [0.25, 0.3) is 0 Å². The van der Waals surface area contributed by atoms with Gasteiger partial charge in [0.2, 0.25) is 0 Å². The van der Waals surface area contributed by atoms with E-state index >= 15 is 0 Å². The Morgan fingerprint density at radius 2 is 1.65 bits per heavy atom. The fourth-order valence-corrected chi connectivity index (χ4v) is 1.69. The summed E-state index contributed by atoms with van der Waals surface area (Å²) in [6.45, 7) is 6.04. The Bertz CT molecular complexity index is 462. The van der Waals surface area contributed by atoms with Gasteiger partial charge in [0, 0.05) is 5.56 Å². The third kappa shape index (κ3) is 2.88. The highest BCUT2D eigenvalue weighted by molar-refractivity contribution is 5.70. The Balaban J connectivity index is 2.34. The number of hydrogen-bond acceptors (Lipinski definition) is 1. The first-order valence-corrected chi connectivity index (χ1v) is 5.95. The molecule has 0 spiro atoms. The van der Waals surface area contributed by atoms with E-state index in [2.05, 4.69) is 32.0 Å². The van der Waals surface area contributed by atoms with Crippen LogP contribution in [0.25, 0.3) is 11.1 Å². The molecule has 0 aliphatic rings. The molecule has 1 atom stereocenters. The molecule has 1 nitrogen and oxygen atoms in total. The van der Waals surface area contributed by atoms with Gasteiger partial charge in [-0.05, 0) is 25.0 Å². The monoisotopic (exact) mass is 225 g/mol. The molecule has 0 bridgehead atoms. The first-order valence-electron chi connectivity index (χ1n) is 5.95. The van der Waals surface area contributed by atoms with Gasteiger partial charge in [0.1, 0.15) is 5.75 Å². The summed E-state index contributed by atoms with van der Waals surface area (Å²) in [5.41, 5.74) is 2.29. The first-order chi connectivity index (χ1) is 8.31. The zero-order chi connectivity index (χ0) is 12.1. The van der Waals surface area contributed by atoms with Gasteiger partial charge in [-0.15, -0.1) is 0 Å². The number of para-hydroxylation sites is 1. The Hall–Kier alpha value is -1.76. The van der Waals surface area contributed by atoms with Crippen molar-refractivity contribution in [1.82, 2.24) is 0 Å². The van der Waals surface area contributed by atoms with Crippen LogP contribution >= 0.6 is 0 Å². The van der Waals surface area contributed by atoms with Crippen LogP contribution in [-0.2, 0) is 0 Å². The predicted octanol–water partition coefficient (Wildman–Crippen LogP) is 4.35. The Kier molecular flexibility index (Phi) is 3.81. The van der Waals surface area contributed by atoms with E-state index in [-0.39, 0.29) is 6.10 Å². The summed E-state index contributed by atoms with van der Waals surface area (Å²) in [5.74, 6) is 0.903. The second-order valence-electron chi connectivity index (χ2n) is 4.01. The maximum atomic E-state index is 5.84. The smallest absolute Gasteiger partial charge is 0.127 e. The highest BCUT2D eigenvalue weighted by Crippen LogP contribution is 2.30. The molecular formula is C16H17O. The summed E-state index contributed by atoms with van der Waals surface area (Å²) in [6.07, 6.45) is 0.906. The zero-order valence-corrected chi connectivity index (χ0v) is 10.1. The molecule has 0 fully saturated rings. The second kappa shape index (κ2) is 5.53. The maximum Gasteiger partial charge on any atom is 0.127 e. The molecule has 0 amide bonds. The molecule has 0 aliphatic carbocycles. The van der Waals surface area contributed by atoms with Crippen molar-refractivity contribution in [1.29, 1.82) is 0 Å². The van der Waals surface area contributed by atoms with Crippen molar-refractivity contribution in [2.75, 3.05) is 0 Å². The van der Waals surface area contributed by atoms with Crippen molar-refractivity contribution < 1.29 is 4.74 Å². The Labute approximate surface area is 103 Å². The molecule has 1 radical (unpaired) electrons. The predicted molar refractivity (Wildman–Crippen MR) is 71.9 cm³/mol.